The average molecular weight is 296 g/mol. The van der Waals surface area contributed by atoms with Crippen molar-refractivity contribution in [3.8, 4) is 0 Å². The predicted octanol–water partition coefficient (Wildman–Crippen LogP) is 3.97. The van der Waals surface area contributed by atoms with E-state index in [2.05, 4.69) is 62.6 Å². The summed E-state index contributed by atoms with van der Waals surface area (Å²) in [6.07, 6.45) is 4.80. The van der Waals surface area contributed by atoms with Gasteiger partial charge in [0.1, 0.15) is 0 Å². The van der Waals surface area contributed by atoms with Gasteiger partial charge < -0.3 is 10.6 Å². The van der Waals surface area contributed by atoms with Crippen LogP contribution in [-0.4, -0.2) is 13.1 Å². The van der Waals surface area contributed by atoms with E-state index in [-0.39, 0.29) is 0 Å². The van der Waals surface area contributed by atoms with Crippen LogP contribution in [0.1, 0.15) is 49.9 Å². The Labute approximate surface area is 134 Å². The molecule has 0 amide bonds. The zero-order chi connectivity index (χ0) is 15.7. The molecule has 22 heavy (non-hydrogen) atoms. The van der Waals surface area contributed by atoms with E-state index in [0.29, 0.717) is 11.8 Å². The number of benzene rings is 1. The fraction of sp³-hybridized carbons (Fsp3) is 0.500. The summed E-state index contributed by atoms with van der Waals surface area (Å²) in [7, 11) is 0. The summed E-state index contributed by atoms with van der Waals surface area (Å²) in [6.45, 7) is 13.1. The molecule has 0 saturated heterocycles. The van der Waals surface area contributed by atoms with Crippen LogP contribution in [0.5, 0.6) is 0 Å². The van der Waals surface area contributed by atoms with Crippen molar-refractivity contribution in [1.82, 2.24) is 10.6 Å². The first-order valence-electron chi connectivity index (χ1n) is 8.52. The molecule has 0 aromatic heterocycles. The van der Waals surface area contributed by atoms with Gasteiger partial charge in [0.05, 0.1) is 0 Å². The fourth-order valence-corrected chi connectivity index (χ4v) is 3.23. The van der Waals surface area contributed by atoms with E-state index in [4.69, 9.17) is 0 Å². The molecule has 0 aliphatic carbocycles. The van der Waals surface area contributed by atoms with E-state index >= 15 is 0 Å². The van der Waals surface area contributed by atoms with Crippen molar-refractivity contribution >= 4 is 12.2 Å². The van der Waals surface area contributed by atoms with Gasteiger partial charge >= 0.3 is 0 Å². The molecule has 2 aliphatic heterocycles. The van der Waals surface area contributed by atoms with Crippen LogP contribution in [0.2, 0.25) is 0 Å². The zero-order valence-corrected chi connectivity index (χ0v) is 14.3. The van der Waals surface area contributed by atoms with Crippen LogP contribution in [0.15, 0.2) is 23.3 Å². The van der Waals surface area contributed by atoms with E-state index in [1.54, 1.807) is 0 Å². The molecule has 0 radical (unpaired) electrons. The quantitative estimate of drug-likeness (QED) is 0.863. The minimum atomic E-state index is 0.600. The molecule has 3 rings (SSSR count). The molecule has 2 heterocycles. The second kappa shape index (κ2) is 6.39. The van der Waals surface area contributed by atoms with Gasteiger partial charge in [0.15, 0.2) is 0 Å². The van der Waals surface area contributed by atoms with Gasteiger partial charge in [-0.2, -0.15) is 0 Å². The smallest absolute Gasteiger partial charge is 0.0214 e. The Morgan fingerprint density at radius 1 is 0.682 bits per heavy atom. The predicted molar refractivity (Wildman–Crippen MR) is 95.5 cm³/mol. The Kier molecular flexibility index (Phi) is 4.51. The standard InChI is InChI=1S/C20H28N2/c1-13(2)17-5-15-7-20-12-22-10-18(14(3)4)6-16(20)8-19(15)11-21-9-17/h5-8,13-14,21-22H,9-12H2,1-4H3. The van der Waals surface area contributed by atoms with Crippen LogP contribution >= 0.6 is 0 Å². The lowest BCUT2D eigenvalue weighted by atomic mass is 9.94. The van der Waals surface area contributed by atoms with E-state index in [1.807, 2.05) is 0 Å². The monoisotopic (exact) mass is 296 g/mol. The highest BCUT2D eigenvalue weighted by Gasteiger charge is 2.16. The van der Waals surface area contributed by atoms with Crippen LogP contribution in [0.4, 0.5) is 0 Å². The molecule has 2 nitrogen and oxygen atoms in total. The third kappa shape index (κ3) is 3.18. The first-order valence-corrected chi connectivity index (χ1v) is 8.52. The lowest BCUT2D eigenvalue weighted by molar-refractivity contribution is 0.670. The second-order valence-electron chi connectivity index (χ2n) is 7.20. The fourth-order valence-electron chi connectivity index (χ4n) is 3.23. The number of rotatable bonds is 2. The maximum atomic E-state index is 3.59. The van der Waals surface area contributed by atoms with Gasteiger partial charge in [0.2, 0.25) is 0 Å². The van der Waals surface area contributed by atoms with Gasteiger partial charge in [0.25, 0.3) is 0 Å². The minimum Gasteiger partial charge on any atom is -0.309 e. The van der Waals surface area contributed by atoms with Crippen LogP contribution in [0.3, 0.4) is 0 Å². The number of fused-ring (bicyclic) bond motifs is 2. The van der Waals surface area contributed by atoms with Crippen molar-refractivity contribution in [1.29, 1.82) is 0 Å². The molecule has 118 valence electrons. The Balaban J connectivity index is 2.05. The highest BCUT2D eigenvalue weighted by atomic mass is 14.9. The van der Waals surface area contributed by atoms with Gasteiger partial charge in [-0.15, -0.1) is 0 Å². The van der Waals surface area contributed by atoms with Gasteiger partial charge in [-0.05, 0) is 46.2 Å². The molecule has 1 aromatic rings. The van der Waals surface area contributed by atoms with E-state index in [0.717, 1.165) is 26.2 Å². The van der Waals surface area contributed by atoms with Gasteiger partial charge in [-0.25, -0.2) is 0 Å². The first kappa shape index (κ1) is 15.5. The van der Waals surface area contributed by atoms with Crippen molar-refractivity contribution in [3.05, 3.63) is 45.5 Å². The van der Waals surface area contributed by atoms with Crippen molar-refractivity contribution in [2.45, 2.75) is 40.8 Å². The van der Waals surface area contributed by atoms with E-state index in [1.165, 1.54) is 33.4 Å². The molecule has 0 fully saturated rings. The summed E-state index contributed by atoms with van der Waals surface area (Å²) in [5.74, 6) is 1.20. The summed E-state index contributed by atoms with van der Waals surface area (Å²) in [6, 6.07) is 4.79. The van der Waals surface area contributed by atoms with Crippen LogP contribution < -0.4 is 10.6 Å². The SMILES string of the molecule is CC(C)C1=Cc2cc3c(cc2CNC1)C=C(C(C)C)CNC3. The van der Waals surface area contributed by atoms with Crippen LogP contribution in [-0.2, 0) is 13.1 Å². The topological polar surface area (TPSA) is 24.1 Å². The Morgan fingerprint density at radius 2 is 1.09 bits per heavy atom. The van der Waals surface area contributed by atoms with Gasteiger partial charge in [-0.3, -0.25) is 0 Å². The third-order valence-electron chi connectivity index (χ3n) is 4.86. The molecule has 2 heteroatoms. The highest BCUT2D eigenvalue weighted by molar-refractivity contribution is 5.67. The van der Waals surface area contributed by atoms with Gasteiger partial charge in [-0.1, -0.05) is 51.0 Å². The van der Waals surface area contributed by atoms with Crippen molar-refractivity contribution in [2.75, 3.05) is 13.1 Å². The summed E-state index contributed by atoms with van der Waals surface area (Å²) in [5, 5.41) is 7.17. The Hall–Kier alpha value is -1.38. The summed E-state index contributed by atoms with van der Waals surface area (Å²) in [5.41, 5.74) is 8.65. The molecule has 0 atom stereocenters. The van der Waals surface area contributed by atoms with Crippen LogP contribution in [0, 0.1) is 11.8 Å². The lowest BCUT2D eigenvalue weighted by Crippen LogP contribution is -2.17. The Morgan fingerprint density at radius 3 is 1.45 bits per heavy atom. The maximum Gasteiger partial charge on any atom is 0.0214 e. The number of hydrogen-bond donors (Lipinski definition) is 2. The second-order valence-corrected chi connectivity index (χ2v) is 7.20. The Bertz CT molecular complexity index is 565. The number of nitrogens with one attached hydrogen (secondary N) is 2. The van der Waals surface area contributed by atoms with Crippen molar-refractivity contribution < 1.29 is 0 Å². The van der Waals surface area contributed by atoms with Crippen LogP contribution in [0.25, 0.3) is 12.2 Å². The summed E-state index contributed by atoms with van der Waals surface area (Å²) >= 11 is 0. The molecular weight excluding hydrogens is 268 g/mol. The van der Waals surface area contributed by atoms with E-state index in [9.17, 15) is 0 Å². The lowest BCUT2D eigenvalue weighted by Gasteiger charge is -2.11. The zero-order valence-electron chi connectivity index (χ0n) is 14.3. The number of hydrogen-bond acceptors (Lipinski definition) is 2. The van der Waals surface area contributed by atoms with E-state index < -0.39 is 0 Å². The van der Waals surface area contributed by atoms with Crippen molar-refractivity contribution in [3.63, 3.8) is 0 Å². The normalized spacial score (nSPS) is 18.3. The summed E-state index contributed by atoms with van der Waals surface area (Å²) in [4.78, 5) is 0. The third-order valence-corrected chi connectivity index (χ3v) is 4.86. The minimum absolute atomic E-state index is 0.600. The maximum absolute atomic E-state index is 3.59. The molecule has 0 spiro atoms. The largest absolute Gasteiger partial charge is 0.309 e. The molecule has 2 aliphatic rings. The molecular formula is C20H28N2. The first-order chi connectivity index (χ1) is 10.5. The molecule has 0 unspecified atom stereocenters. The average Bonchev–Trinajstić information content (AvgIpc) is 2.79. The molecule has 1 aromatic carbocycles. The van der Waals surface area contributed by atoms with Crippen molar-refractivity contribution in [2.24, 2.45) is 11.8 Å². The molecule has 0 bridgehead atoms. The molecule has 2 N–H and O–H groups in total. The highest BCUT2D eigenvalue weighted by Crippen LogP contribution is 2.27. The molecule has 0 saturated carbocycles. The summed E-state index contributed by atoms with van der Waals surface area (Å²) < 4.78 is 0. The van der Waals surface area contributed by atoms with Gasteiger partial charge in [0, 0.05) is 26.2 Å².